The molecule has 0 amide bonds. The highest BCUT2D eigenvalue weighted by atomic mass is 32.1. The fourth-order valence-electron chi connectivity index (χ4n) is 1.19. The fourth-order valence-corrected chi connectivity index (χ4v) is 1.30. The third-order valence-corrected chi connectivity index (χ3v) is 2.18. The minimum absolute atomic E-state index is 0.00806. The second kappa shape index (κ2) is 6.50. The topological polar surface area (TPSA) is 35.5 Å². The number of rotatable bonds is 6. The van der Waals surface area contributed by atoms with Crippen LogP contribution in [-0.4, -0.2) is 19.0 Å². The first-order valence-electron chi connectivity index (χ1n) is 4.75. The molecule has 0 aliphatic carbocycles. The summed E-state index contributed by atoms with van der Waals surface area (Å²) in [5.74, 6) is -0.316. The number of halogens is 1. The fraction of sp³-hybridized carbons (Fsp3) is 0.364. The van der Waals surface area contributed by atoms with Crippen LogP contribution in [0.5, 0.6) is 5.75 Å². The largest absolute Gasteiger partial charge is 0.464 e. The van der Waals surface area contributed by atoms with Gasteiger partial charge in [0, 0.05) is 13.5 Å². The van der Waals surface area contributed by atoms with Gasteiger partial charge in [0.05, 0.1) is 0 Å². The molecular formula is C11H13FO3S. The summed E-state index contributed by atoms with van der Waals surface area (Å²) in [6.45, 7) is -0.00806. The molecule has 0 radical (unpaired) electrons. The van der Waals surface area contributed by atoms with E-state index in [2.05, 4.69) is 17.4 Å². The third-order valence-electron chi connectivity index (χ3n) is 1.96. The van der Waals surface area contributed by atoms with E-state index in [1.165, 1.54) is 13.2 Å². The molecule has 3 nitrogen and oxygen atoms in total. The van der Waals surface area contributed by atoms with Crippen molar-refractivity contribution in [3.8, 4) is 5.75 Å². The molecule has 0 saturated heterocycles. The van der Waals surface area contributed by atoms with Gasteiger partial charge in [-0.1, -0.05) is 6.07 Å². The first kappa shape index (κ1) is 13.0. The summed E-state index contributed by atoms with van der Waals surface area (Å²) in [5.41, 5.74) is 0.829. The maximum atomic E-state index is 13.2. The van der Waals surface area contributed by atoms with Crippen LogP contribution in [0.15, 0.2) is 18.2 Å². The third kappa shape index (κ3) is 4.20. The average molecular weight is 244 g/mol. The normalized spacial score (nSPS) is 10.2. The Bertz CT molecular complexity index is 368. The lowest BCUT2D eigenvalue weighted by atomic mass is 10.1. The Labute approximate surface area is 99.0 Å². The Morgan fingerprint density at radius 2 is 2.25 bits per heavy atom. The van der Waals surface area contributed by atoms with Crippen LogP contribution in [-0.2, 0) is 16.0 Å². The first-order valence-corrected chi connectivity index (χ1v) is 5.20. The van der Waals surface area contributed by atoms with E-state index >= 15 is 0 Å². The predicted molar refractivity (Wildman–Crippen MR) is 61.2 cm³/mol. The Balaban J connectivity index is 2.68. The maximum absolute atomic E-state index is 13.2. The van der Waals surface area contributed by atoms with E-state index in [-0.39, 0.29) is 17.7 Å². The van der Waals surface area contributed by atoms with Gasteiger partial charge in [-0.3, -0.25) is 4.79 Å². The van der Waals surface area contributed by atoms with Crippen molar-refractivity contribution < 1.29 is 18.7 Å². The van der Waals surface area contributed by atoms with Crippen LogP contribution in [0.3, 0.4) is 0 Å². The summed E-state index contributed by atoms with van der Waals surface area (Å²) < 4.78 is 22.9. The predicted octanol–water partition coefficient (Wildman–Crippen LogP) is 2.20. The number of benzene rings is 1. The lowest BCUT2D eigenvalue weighted by molar-refractivity contribution is -0.110. The van der Waals surface area contributed by atoms with E-state index in [4.69, 9.17) is 4.74 Å². The van der Waals surface area contributed by atoms with Crippen LogP contribution in [0.2, 0.25) is 0 Å². The quantitative estimate of drug-likeness (QED) is 0.615. The average Bonchev–Trinajstić information content (AvgIpc) is 2.26. The van der Waals surface area contributed by atoms with Crippen LogP contribution in [0.4, 0.5) is 4.39 Å². The van der Waals surface area contributed by atoms with Gasteiger partial charge in [0.2, 0.25) is 0 Å². The lowest BCUT2D eigenvalue weighted by Crippen LogP contribution is -2.01. The van der Waals surface area contributed by atoms with Gasteiger partial charge < -0.3 is 9.47 Å². The Hall–Kier alpha value is -1.07. The number of hydrogen-bond donors (Lipinski definition) is 1. The van der Waals surface area contributed by atoms with Crippen LogP contribution in [0.25, 0.3) is 0 Å². The van der Waals surface area contributed by atoms with Gasteiger partial charge in [-0.15, -0.1) is 12.6 Å². The molecule has 1 aromatic carbocycles. The van der Waals surface area contributed by atoms with Crippen molar-refractivity contribution >= 4 is 17.7 Å². The standard InChI is InChI=1S/C11H13FO3S/c1-14-7-15-10-6-8(2-4-9(10)12)3-5-11(13)16/h2,4,6H,3,5,7H2,1H3,(H,13,16). The smallest absolute Gasteiger partial charge is 0.188 e. The minimum Gasteiger partial charge on any atom is -0.464 e. The van der Waals surface area contributed by atoms with Crippen LogP contribution >= 0.6 is 12.6 Å². The number of methoxy groups -OCH3 is 1. The zero-order chi connectivity index (χ0) is 12.0. The highest BCUT2D eigenvalue weighted by Gasteiger charge is 2.05. The zero-order valence-corrected chi connectivity index (χ0v) is 9.80. The monoisotopic (exact) mass is 244 g/mol. The first-order chi connectivity index (χ1) is 7.63. The summed E-state index contributed by atoms with van der Waals surface area (Å²) in [7, 11) is 1.46. The number of carbonyl (C=O) groups excluding carboxylic acids is 1. The second-order valence-electron chi connectivity index (χ2n) is 3.21. The van der Waals surface area contributed by atoms with Gasteiger partial charge in [-0.25, -0.2) is 4.39 Å². The molecule has 1 aromatic rings. The van der Waals surface area contributed by atoms with Gasteiger partial charge in [0.15, 0.2) is 23.5 Å². The highest BCUT2D eigenvalue weighted by Crippen LogP contribution is 2.19. The van der Waals surface area contributed by atoms with E-state index in [0.29, 0.717) is 12.8 Å². The number of hydrogen-bond acceptors (Lipinski definition) is 3. The van der Waals surface area contributed by atoms with Crippen molar-refractivity contribution in [3.05, 3.63) is 29.6 Å². The maximum Gasteiger partial charge on any atom is 0.188 e. The molecule has 0 unspecified atom stereocenters. The number of ether oxygens (including phenoxy) is 2. The summed E-state index contributed by atoms with van der Waals surface area (Å²) in [6.07, 6.45) is 0.838. The number of thiol groups is 1. The van der Waals surface area contributed by atoms with Crippen molar-refractivity contribution in [2.75, 3.05) is 13.9 Å². The molecule has 0 atom stereocenters. The molecule has 0 N–H and O–H groups in total. The van der Waals surface area contributed by atoms with Gasteiger partial charge in [0.25, 0.3) is 0 Å². The molecule has 0 aliphatic heterocycles. The zero-order valence-electron chi connectivity index (χ0n) is 8.90. The molecule has 0 heterocycles. The highest BCUT2D eigenvalue weighted by molar-refractivity contribution is 7.96. The van der Waals surface area contributed by atoms with Gasteiger partial charge in [-0.2, -0.15) is 0 Å². The summed E-state index contributed by atoms with van der Waals surface area (Å²) in [5, 5.41) is -0.191. The molecular weight excluding hydrogens is 231 g/mol. The molecule has 0 aromatic heterocycles. The molecule has 1 rings (SSSR count). The van der Waals surface area contributed by atoms with Crippen molar-refractivity contribution in [1.82, 2.24) is 0 Å². The van der Waals surface area contributed by atoms with E-state index in [9.17, 15) is 9.18 Å². The van der Waals surface area contributed by atoms with Crippen LogP contribution < -0.4 is 4.74 Å². The van der Waals surface area contributed by atoms with Crippen molar-refractivity contribution in [2.24, 2.45) is 0 Å². The number of aryl methyl sites for hydroxylation is 1. The van der Waals surface area contributed by atoms with E-state index < -0.39 is 5.82 Å². The Kier molecular flexibility index (Phi) is 5.28. The molecule has 0 aliphatic rings. The van der Waals surface area contributed by atoms with Crippen LogP contribution in [0.1, 0.15) is 12.0 Å². The molecule has 0 bridgehead atoms. The van der Waals surface area contributed by atoms with Crippen LogP contribution in [0, 0.1) is 5.82 Å². The van der Waals surface area contributed by atoms with Gasteiger partial charge in [-0.05, 0) is 24.1 Å². The lowest BCUT2D eigenvalue weighted by Gasteiger charge is -2.07. The Morgan fingerprint density at radius 3 is 2.88 bits per heavy atom. The van der Waals surface area contributed by atoms with Gasteiger partial charge >= 0.3 is 0 Å². The summed E-state index contributed by atoms with van der Waals surface area (Å²) >= 11 is 3.67. The van der Waals surface area contributed by atoms with E-state index in [1.54, 1.807) is 12.1 Å². The van der Waals surface area contributed by atoms with Crippen molar-refractivity contribution in [3.63, 3.8) is 0 Å². The van der Waals surface area contributed by atoms with E-state index in [0.717, 1.165) is 5.56 Å². The molecule has 0 saturated carbocycles. The summed E-state index contributed by atoms with van der Waals surface area (Å²) in [6, 6.07) is 4.49. The molecule has 5 heteroatoms. The number of carbonyl (C=O) groups is 1. The SMILES string of the molecule is COCOc1cc(CCC(=O)S)ccc1F. The van der Waals surface area contributed by atoms with Gasteiger partial charge in [0.1, 0.15) is 0 Å². The Morgan fingerprint density at radius 1 is 1.50 bits per heavy atom. The molecule has 16 heavy (non-hydrogen) atoms. The van der Waals surface area contributed by atoms with E-state index in [1.807, 2.05) is 0 Å². The minimum atomic E-state index is -0.446. The molecule has 88 valence electrons. The second-order valence-corrected chi connectivity index (χ2v) is 3.71. The molecule has 0 fully saturated rings. The molecule has 0 spiro atoms. The van der Waals surface area contributed by atoms with Crippen molar-refractivity contribution in [1.29, 1.82) is 0 Å². The summed E-state index contributed by atoms with van der Waals surface area (Å²) in [4.78, 5) is 10.7. The van der Waals surface area contributed by atoms with Crippen molar-refractivity contribution in [2.45, 2.75) is 12.8 Å².